The predicted octanol–water partition coefficient (Wildman–Crippen LogP) is 3.24. The lowest BCUT2D eigenvalue weighted by molar-refractivity contribution is 0.474. The van der Waals surface area contributed by atoms with Crippen molar-refractivity contribution in [2.45, 2.75) is 12.6 Å². The summed E-state index contributed by atoms with van der Waals surface area (Å²) in [5.74, 6) is 0.296. The minimum atomic E-state index is 0.0748. The molecule has 0 radical (unpaired) electrons. The van der Waals surface area contributed by atoms with Gasteiger partial charge < -0.3 is 10.4 Å². The van der Waals surface area contributed by atoms with Gasteiger partial charge in [0.25, 0.3) is 0 Å². The van der Waals surface area contributed by atoms with Crippen LogP contribution in [0.2, 0.25) is 5.02 Å². The van der Waals surface area contributed by atoms with E-state index in [4.69, 9.17) is 11.6 Å². The Morgan fingerprint density at radius 3 is 2.76 bits per heavy atom. The molecule has 1 unspecified atom stereocenters. The third kappa shape index (κ3) is 1.79. The molecule has 1 aliphatic rings. The van der Waals surface area contributed by atoms with Gasteiger partial charge in [-0.1, -0.05) is 35.9 Å². The van der Waals surface area contributed by atoms with E-state index in [1.165, 1.54) is 5.56 Å². The van der Waals surface area contributed by atoms with E-state index in [0.29, 0.717) is 5.75 Å². The van der Waals surface area contributed by atoms with Crippen molar-refractivity contribution in [2.24, 2.45) is 0 Å². The summed E-state index contributed by atoms with van der Waals surface area (Å²) in [6.45, 7) is 0.811. The Balaban J connectivity index is 2.10. The van der Waals surface area contributed by atoms with Crippen LogP contribution in [0.3, 0.4) is 0 Å². The smallest absolute Gasteiger partial charge is 0.115 e. The lowest BCUT2D eigenvalue weighted by atomic mass is 9.98. The molecule has 2 aromatic rings. The Bertz CT molecular complexity index is 568. The molecular formula is C14H12ClNO. The molecule has 2 nitrogen and oxygen atoms in total. The Labute approximate surface area is 105 Å². The van der Waals surface area contributed by atoms with Gasteiger partial charge in [0.1, 0.15) is 5.75 Å². The van der Waals surface area contributed by atoms with Crippen molar-refractivity contribution in [1.82, 2.24) is 5.32 Å². The summed E-state index contributed by atoms with van der Waals surface area (Å²) in [7, 11) is 0. The van der Waals surface area contributed by atoms with Gasteiger partial charge in [-0.3, -0.25) is 0 Å². The maximum atomic E-state index is 9.57. The third-order valence-electron chi connectivity index (χ3n) is 3.15. The molecule has 0 saturated carbocycles. The second kappa shape index (κ2) is 4.06. The Morgan fingerprint density at radius 2 is 1.94 bits per heavy atom. The number of phenols is 1. The molecule has 1 heterocycles. The zero-order valence-corrected chi connectivity index (χ0v) is 9.91. The number of fused-ring (bicyclic) bond motifs is 1. The molecule has 0 aromatic heterocycles. The summed E-state index contributed by atoms with van der Waals surface area (Å²) in [6.07, 6.45) is 0. The number of hydrogen-bond donors (Lipinski definition) is 2. The van der Waals surface area contributed by atoms with Crippen LogP contribution in [0.5, 0.6) is 5.75 Å². The largest absolute Gasteiger partial charge is 0.508 e. The summed E-state index contributed by atoms with van der Waals surface area (Å²) in [4.78, 5) is 0. The van der Waals surface area contributed by atoms with Crippen LogP contribution in [0.15, 0.2) is 42.5 Å². The summed E-state index contributed by atoms with van der Waals surface area (Å²) in [5.41, 5.74) is 3.38. The monoisotopic (exact) mass is 245 g/mol. The average Bonchev–Trinajstić information content (AvgIpc) is 2.72. The third-order valence-corrected chi connectivity index (χ3v) is 3.50. The number of benzene rings is 2. The highest BCUT2D eigenvalue weighted by Gasteiger charge is 2.24. The van der Waals surface area contributed by atoms with Gasteiger partial charge in [0.15, 0.2) is 0 Å². The van der Waals surface area contributed by atoms with Gasteiger partial charge in [0.2, 0.25) is 0 Å². The molecule has 1 atom stereocenters. The van der Waals surface area contributed by atoms with Crippen LogP contribution >= 0.6 is 11.6 Å². The molecule has 0 saturated heterocycles. The minimum absolute atomic E-state index is 0.0748. The number of rotatable bonds is 1. The fourth-order valence-electron chi connectivity index (χ4n) is 2.32. The van der Waals surface area contributed by atoms with Crippen molar-refractivity contribution in [3.63, 3.8) is 0 Å². The molecule has 3 rings (SSSR count). The van der Waals surface area contributed by atoms with E-state index in [1.54, 1.807) is 6.07 Å². The van der Waals surface area contributed by atoms with Gasteiger partial charge in [0.05, 0.1) is 6.04 Å². The standard InChI is InChI=1S/C14H12ClNO/c15-13-4-2-1-3-11(13)14-12-7-10(17)6-5-9(12)8-16-14/h1-7,14,16-17H,8H2. The van der Waals surface area contributed by atoms with Crippen molar-refractivity contribution in [2.75, 3.05) is 0 Å². The second-order valence-electron chi connectivity index (χ2n) is 4.22. The van der Waals surface area contributed by atoms with E-state index >= 15 is 0 Å². The number of aromatic hydroxyl groups is 1. The molecule has 0 aliphatic carbocycles. The van der Waals surface area contributed by atoms with E-state index in [-0.39, 0.29) is 6.04 Å². The molecule has 2 N–H and O–H groups in total. The summed E-state index contributed by atoms with van der Waals surface area (Å²) in [6, 6.07) is 13.4. The predicted molar refractivity (Wildman–Crippen MR) is 68.2 cm³/mol. The average molecular weight is 246 g/mol. The lowest BCUT2D eigenvalue weighted by Crippen LogP contribution is -2.13. The summed E-state index contributed by atoms with van der Waals surface area (Å²) in [5, 5.41) is 13.7. The zero-order chi connectivity index (χ0) is 11.8. The Hall–Kier alpha value is -1.51. The van der Waals surface area contributed by atoms with Gasteiger partial charge >= 0.3 is 0 Å². The van der Waals surface area contributed by atoms with Crippen LogP contribution in [0.1, 0.15) is 22.7 Å². The first-order valence-electron chi connectivity index (χ1n) is 5.55. The first-order valence-corrected chi connectivity index (χ1v) is 5.93. The van der Waals surface area contributed by atoms with Crippen molar-refractivity contribution in [3.05, 3.63) is 64.2 Å². The van der Waals surface area contributed by atoms with E-state index in [9.17, 15) is 5.11 Å². The molecule has 0 bridgehead atoms. The van der Waals surface area contributed by atoms with E-state index < -0.39 is 0 Å². The van der Waals surface area contributed by atoms with Gasteiger partial charge in [-0.2, -0.15) is 0 Å². The van der Waals surface area contributed by atoms with Gasteiger partial charge in [-0.25, -0.2) is 0 Å². The van der Waals surface area contributed by atoms with Crippen molar-refractivity contribution in [1.29, 1.82) is 0 Å². The second-order valence-corrected chi connectivity index (χ2v) is 4.63. The molecule has 0 fully saturated rings. The molecular weight excluding hydrogens is 234 g/mol. The summed E-state index contributed by atoms with van der Waals surface area (Å²) >= 11 is 6.21. The quantitative estimate of drug-likeness (QED) is 0.809. The van der Waals surface area contributed by atoms with E-state index in [0.717, 1.165) is 22.7 Å². The van der Waals surface area contributed by atoms with E-state index in [1.807, 2.05) is 36.4 Å². The topological polar surface area (TPSA) is 32.3 Å². The van der Waals surface area contributed by atoms with Gasteiger partial charge in [-0.05, 0) is 34.9 Å². The highest BCUT2D eigenvalue weighted by Crippen LogP contribution is 2.35. The van der Waals surface area contributed by atoms with Gasteiger partial charge in [0, 0.05) is 11.6 Å². The first-order chi connectivity index (χ1) is 8.25. The normalized spacial score (nSPS) is 18.1. The fourth-order valence-corrected chi connectivity index (χ4v) is 2.57. The first kappa shape index (κ1) is 10.6. The van der Waals surface area contributed by atoms with Crippen LogP contribution in [0.4, 0.5) is 0 Å². The molecule has 3 heteroatoms. The highest BCUT2D eigenvalue weighted by molar-refractivity contribution is 6.31. The number of halogens is 1. The zero-order valence-electron chi connectivity index (χ0n) is 9.15. The maximum absolute atomic E-state index is 9.57. The molecule has 86 valence electrons. The van der Waals surface area contributed by atoms with Crippen molar-refractivity contribution in [3.8, 4) is 5.75 Å². The Morgan fingerprint density at radius 1 is 1.12 bits per heavy atom. The molecule has 0 amide bonds. The molecule has 17 heavy (non-hydrogen) atoms. The minimum Gasteiger partial charge on any atom is -0.508 e. The van der Waals surface area contributed by atoms with Crippen LogP contribution in [-0.2, 0) is 6.54 Å². The number of hydrogen-bond acceptors (Lipinski definition) is 2. The van der Waals surface area contributed by atoms with Crippen molar-refractivity contribution < 1.29 is 5.11 Å². The van der Waals surface area contributed by atoms with Crippen LogP contribution in [-0.4, -0.2) is 5.11 Å². The highest BCUT2D eigenvalue weighted by atomic mass is 35.5. The van der Waals surface area contributed by atoms with Crippen LogP contribution < -0.4 is 5.32 Å². The lowest BCUT2D eigenvalue weighted by Gasteiger charge is -2.14. The van der Waals surface area contributed by atoms with Crippen LogP contribution in [0.25, 0.3) is 0 Å². The molecule has 0 spiro atoms. The maximum Gasteiger partial charge on any atom is 0.115 e. The number of phenolic OH excluding ortho intramolecular Hbond substituents is 1. The fraction of sp³-hybridized carbons (Fsp3) is 0.143. The molecule has 1 aliphatic heterocycles. The SMILES string of the molecule is Oc1ccc2c(c1)C(c1ccccc1Cl)NC2. The Kier molecular flexibility index (Phi) is 2.54. The summed E-state index contributed by atoms with van der Waals surface area (Å²) < 4.78 is 0. The molecule has 2 aromatic carbocycles. The van der Waals surface area contributed by atoms with Crippen molar-refractivity contribution >= 4 is 11.6 Å². The number of nitrogens with one attached hydrogen (secondary N) is 1. The van der Waals surface area contributed by atoms with Gasteiger partial charge in [-0.15, -0.1) is 0 Å². The van der Waals surface area contributed by atoms with E-state index in [2.05, 4.69) is 5.32 Å². The van der Waals surface area contributed by atoms with Crippen LogP contribution in [0, 0.1) is 0 Å².